The third-order valence-corrected chi connectivity index (χ3v) is 3.80. The van der Waals surface area contributed by atoms with Crippen LogP contribution in [0.5, 0.6) is 0 Å². The molecule has 1 rings (SSSR count). The third-order valence-electron chi connectivity index (χ3n) is 2.79. The highest BCUT2D eigenvalue weighted by Gasteiger charge is 2.28. The van der Waals surface area contributed by atoms with Gasteiger partial charge < -0.3 is 10.6 Å². The van der Waals surface area contributed by atoms with Crippen LogP contribution in [-0.2, 0) is 0 Å². The van der Waals surface area contributed by atoms with Crippen molar-refractivity contribution >= 4 is 11.8 Å². The average Bonchev–Trinajstić information content (AvgIpc) is 2.17. The highest BCUT2D eigenvalue weighted by atomic mass is 32.2. The highest BCUT2D eigenvalue weighted by Crippen LogP contribution is 2.30. The second-order valence-corrected chi connectivity index (χ2v) is 7.57. The minimum atomic E-state index is -0.254. The lowest BCUT2D eigenvalue weighted by Crippen LogP contribution is -2.45. The SMILES string of the molecule is CC(C)Sc1ccc(C(N(C)C)C(C)(C)N)cc1. The van der Waals surface area contributed by atoms with Crippen LogP contribution in [0.2, 0.25) is 0 Å². The molecular formula is C15H26N2S. The zero-order valence-corrected chi connectivity index (χ0v) is 13.2. The minimum Gasteiger partial charge on any atom is -0.324 e. The summed E-state index contributed by atoms with van der Waals surface area (Å²) in [5.41, 5.74) is 7.31. The Morgan fingerprint density at radius 1 is 1.11 bits per heavy atom. The van der Waals surface area contributed by atoms with Crippen LogP contribution in [0.4, 0.5) is 0 Å². The molecule has 102 valence electrons. The molecule has 2 N–H and O–H groups in total. The van der Waals surface area contributed by atoms with Crippen LogP contribution in [0, 0.1) is 0 Å². The molecular weight excluding hydrogens is 240 g/mol. The Kier molecular flexibility index (Phi) is 5.26. The summed E-state index contributed by atoms with van der Waals surface area (Å²) in [6.07, 6.45) is 0. The number of hydrogen-bond donors (Lipinski definition) is 1. The van der Waals surface area contributed by atoms with Crippen molar-refractivity contribution in [3.63, 3.8) is 0 Å². The molecule has 1 atom stereocenters. The first-order valence-electron chi connectivity index (χ1n) is 6.43. The fourth-order valence-corrected chi connectivity index (χ4v) is 3.23. The van der Waals surface area contributed by atoms with Gasteiger partial charge in [-0.2, -0.15) is 0 Å². The molecule has 0 amide bonds. The lowest BCUT2D eigenvalue weighted by molar-refractivity contribution is 0.205. The van der Waals surface area contributed by atoms with Crippen LogP contribution in [0.3, 0.4) is 0 Å². The second kappa shape index (κ2) is 6.09. The van der Waals surface area contributed by atoms with E-state index < -0.39 is 0 Å². The average molecular weight is 266 g/mol. The lowest BCUT2D eigenvalue weighted by Gasteiger charge is -2.36. The van der Waals surface area contributed by atoms with E-state index in [0.29, 0.717) is 5.25 Å². The van der Waals surface area contributed by atoms with E-state index in [9.17, 15) is 0 Å². The molecule has 0 radical (unpaired) electrons. The Morgan fingerprint density at radius 2 is 1.61 bits per heavy atom. The van der Waals surface area contributed by atoms with Crippen LogP contribution < -0.4 is 5.73 Å². The van der Waals surface area contributed by atoms with Gasteiger partial charge in [0.2, 0.25) is 0 Å². The molecule has 18 heavy (non-hydrogen) atoms. The van der Waals surface area contributed by atoms with Crippen LogP contribution in [0.25, 0.3) is 0 Å². The first-order valence-corrected chi connectivity index (χ1v) is 7.31. The quantitative estimate of drug-likeness (QED) is 0.827. The number of likely N-dealkylation sites (N-methyl/N-ethyl adjacent to an activating group) is 1. The van der Waals surface area contributed by atoms with Crippen molar-refractivity contribution in [2.45, 2.75) is 49.4 Å². The highest BCUT2D eigenvalue weighted by molar-refractivity contribution is 7.99. The lowest BCUT2D eigenvalue weighted by atomic mass is 9.89. The number of hydrogen-bond acceptors (Lipinski definition) is 3. The van der Waals surface area contributed by atoms with Crippen molar-refractivity contribution in [2.75, 3.05) is 14.1 Å². The van der Waals surface area contributed by atoms with Crippen molar-refractivity contribution in [1.29, 1.82) is 0 Å². The fourth-order valence-electron chi connectivity index (χ4n) is 2.39. The van der Waals surface area contributed by atoms with Gasteiger partial charge in [-0.1, -0.05) is 26.0 Å². The van der Waals surface area contributed by atoms with Gasteiger partial charge in [-0.05, 0) is 45.6 Å². The van der Waals surface area contributed by atoms with E-state index in [1.54, 1.807) is 0 Å². The van der Waals surface area contributed by atoms with Crippen molar-refractivity contribution in [2.24, 2.45) is 5.73 Å². The van der Waals surface area contributed by atoms with Gasteiger partial charge in [0.25, 0.3) is 0 Å². The van der Waals surface area contributed by atoms with E-state index in [1.807, 2.05) is 11.8 Å². The Labute approximate surface area is 116 Å². The number of benzene rings is 1. The molecule has 1 unspecified atom stereocenters. The van der Waals surface area contributed by atoms with Gasteiger partial charge in [-0.15, -0.1) is 11.8 Å². The summed E-state index contributed by atoms with van der Waals surface area (Å²) in [6, 6.07) is 9.02. The van der Waals surface area contributed by atoms with Gasteiger partial charge in [-0.25, -0.2) is 0 Å². The molecule has 1 aromatic rings. The van der Waals surface area contributed by atoms with Gasteiger partial charge in [0.05, 0.1) is 6.04 Å². The summed E-state index contributed by atoms with van der Waals surface area (Å²) in [6.45, 7) is 8.58. The van der Waals surface area contributed by atoms with Gasteiger partial charge in [-0.3, -0.25) is 0 Å². The molecule has 1 aromatic carbocycles. The topological polar surface area (TPSA) is 29.3 Å². The molecule has 0 aliphatic carbocycles. The van der Waals surface area contributed by atoms with Crippen LogP contribution in [0.1, 0.15) is 39.3 Å². The van der Waals surface area contributed by atoms with Crippen LogP contribution >= 0.6 is 11.8 Å². The van der Waals surface area contributed by atoms with Crippen LogP contribution in [0.15, 0.2) is 29.2 Å². The smallest absolute Gasteiger partial charge is 0.0517 e. The largest absolute Gasteiger partial charge is 0.324 e. The van der Waals surface area contributed by atoms with Crippen molar-refractivity contribution in [1.82, 2.24) is 4.90 Å². The maximum Gasteiger partial charge on any atom is 0.0517 e. The Bertz CT molecular complexity index is 363. The fraction of sp³-hybridized carbons (Fsp3) is 0.600. The normalized spacial score (nSPS) is 14.3. The first-order chi connectivity index (χ1) is 8.21. The van der Waals surface area contributed by atoms with Gasteiger partial charge in [0.15, 0.2) is 0 Å². The summed E-state index contributed by atoms with van der Waals surface area (Å²) >= 11 is 1.89. The monoisotopic (exact) mass is 266 g/mol. The molecule has 0 saturated heterocycles. The summed E-state index contributed by atoms with van der Waals surface area (Å²) in [7, 11) is 4.16. The zero-order chi connectivity index (χ0) is 13.9. The number of thioether (sulfide) groups is 1. The standard InChI is InChI=1S/C15H26N2S/c1-11(2)18-13-9-7-12(8-10-13)14(17(5)6)15(3,4)16/h7-11,14H,16H2,1-6H3. The molecule has 0 aromatic heterocycles. The molecule has 2 nitrogen and oxygen atoms in total. The Balaban J connectivity index is 2.95. The predicted octanol–water partition coefficient (Wildman–Crippen LogP) is 3.53. The van der Waals surface area contributed by atoms with Gasteiger partial charge >= 0.3 is 0 Å². The maximum absolute atomic E-state index is 6.28. The Morgan fingerprint density at radius 3 is 1.94 bits per heavy atom. The molecule has 0 aliphatic rings. The zero-order valence-electron chi connectivity index (χ0n) is 12.4. The molecule has 0 aliphatic heterocycles. The van der Waals surface area contributed by atoms with Gasteiger partial charge in [0.1, 0.15) is 0 Å². The summed E-state index contributed by atoms with van der Waals surface area (Å²) in [5.74, 6) is 0. The Hall–Kier alpha value is -0.510. The molecule has 0 bridgehead atoms. The summed E-state index contributed by atoms with van der Waals surface area (Å²) in [5, 5.41) is 0.617. The van der Waals surface area contributed by atoms with Crippen molar-refractivity contribution in [3.8, 4) is 0 Å². The van der Waals surface area contributed by atoms with Gasteiger partial charge in [0, 0.05) is 15.7 Å². The van der Waals surface area contributed by atoms with E-state index in [-0.39, 0.29) is 11.6 Å². The second-order valence-electron chi connectivity index (χ2n) is 5.92. The maximum atomic E-state index is 6.28. The van der Waals surface area contributed by atoms with E-state index in [4.69, 9.17) is 5.73 Å². The molecule has 0 spiro atoms. The molecule has 0 heterocycles. The van der Waals surface area contributed by atoms with E-state index >= 15 is 0 Å². The number of nitrogens with two attached hydrogens (primary N) is 1. The molecule has 3 heteroatoms. The number of nitrogens with zero attached hydrogens (tertiary/aromatic N) is 1. The predicted molar refractivity (Wildman–Crippen MR) is 82.1 cm³/mol. The van der Waals surface area contributed by atoms with E-state index in [1.165, 1.54) is 10.5 Å². The van der Waals surface area contributed by atoms with Crippen LogP contribution in [-0.4, -0.2) is 29.8 Å². The molecule has 0 fully saturated rings. The van der Waals surface area contributed by atoms with E-state index in [0.717, 1.165) is 0 Å². The summed E-state index contributed by atoms with van der Waals surface area (Å²) < 4.78 is 0. The summed E-state index contributed by atoms with van der Waals surface area (Å²) in [4.78, 5) is 3.51. The number of rotatable bonds is 5. The molecule has 0 saturated carbocycles. The first kappa shape index (κ1) is 15.5. The van der Waals surface area contributed by atoms with Crippen molar-refractivity contribution < 1.29 is 0 Å². The minimum absolute atomic E-state index is 0.232. The van der Waals surface area contributed by atoms with E-state index in [2.05, 4.69) is 71.0 Å². The van der Waals surface area contributed by atoms with Crippen molar-refractivity contribution in [3.05, 3.63) is 29.8 Å². The third kappa shape index (κ3) is 4.30.